The fourth-order valence-corrected chi connectivity index (χ4v) is 4.36. The predicted octanol–water partition coefficient (Wildman–Crippen LogP) is 3.75. The normalized spacial score (nSPS) is 21.0. The van der Waals surface area contributed by atoms with Crippen LogP contribution in [0.15, 0.2) is 59.1 Å². The lowest BCUT2D eigenvalue weighted by Crippen LogP contribution is -2.43. The molecule has 6 heteroatoms. The van der Waals surface area contributed by atoms with E-state index in [2.05, 4.69) is 49.8 Å². The topological polar surface area (TPSA) is 49.4 Å². The Labute approximate surface area is 158 Å². The summed E-state index contributed by atoms with van der Waals surface area (Å²) in [5.41, 5.74) is 2.27. The summed E-state index contributed by atoms with van der Waals surface area (Å²) in [5, 5.41) is -0.441. The Hall–Kier alpha value is -1.37. The van der Waals surface area contributed by atoms with E-state index < -0.39 is 15.3 Å². The number of sulfonamides is 1. The summed E-state index contributed by atoms with van der Waals surface area (Å²) in [6, 6.07) is 18.2. The highest BCUT2D eigenvalue weighted by Gasteiger charge is 2.37. The summed E-state index contributed by atoms with van der Waals surface area (Å²) < 4.78 is 28.8. The Bertz CT molecular complexity index is 807. The van der Waals surface area contributed by atoms with Crippen LogP contribution in [0.3, 0.4) is 0 Å². The fraction of sp³-hybridized carbons (Fsp3) is 0.368. The van der Waals surface area contributed by atoms with Crippen LogP contribution in [0, 0.1) is 0 Å². The van der Waals surface area contributed by atoms with E-state index in [1.807, 2.05) is 30.3 Å². The van der Waals surface area contributed by atoms with Gasteiger partial charge < -0.3 is 4.90 Å². The lowest BCUT2D eigenvalue weighted by atomic mass is 9.95. The molecular weight excluding hydrogens is 400 g/mol. The first kappa shape index (κ1) is 18.4. The quantitative estimate of drug-likeness (QED) is 0.797. The molecule has 134 valence electrons. The number of benzene rings is 2. The molecule has 0 aromatic heterocycles. The second kappa shape index (κ2) is 7.48. The standard InChI is InChI=1S/C19H23BrN2O2S/c1-14(2)25(23,24)21-19-13-22(17-6-4-3-5-7-17)12-18(19)15-8-10-16(20)11-9-15/h3-11,14,18-19,21H,12-13H2,1-2H3/t18-,19+/m1/s1. The minimum Gasteiger partial charge on any atom is -0.369 e. The molecule has 1 aliphatic rings. The van der Waals surface area contributed by atoms with Gasteiger partial charge in [-0.05, 0) is 43.7 Å². The molecule has 2 aromatic rings. The highest BCUT2D eigenvalue weighted by molar-refractivity contribution is 9.10. The van der Waals surface area contributed by atoms with Crippen molar-refractivity contribution in [1.29, 1.82) is 0 Å². The number of nitrogens with one attached hydrogen (secondary N) is 1. The van der Waals surface area contributed by atoms with Crippen LogP contribution in [0.1, 0.15) is 25.3 Å². The Morgan fingerprint density at radius 3 is 2.28 bits per heavy atom. The van der Waals surface area contributed by atoms with E-state index in [4.69, 9.17) is 0 Å². The number of hydrogen-bond donors (Lipinski definition) is 1. The average Bonchev–Trinajstić information content (AvgIpc) is 2.99. The van der Waals surface area contributed by atoms with Gasteiger partial charge in [0.1, 0.15) is 0 Å². The van der Waals surface area contributed by atoms with Gasteiger partial charge in [-0.25, -0.2) is 13.1 Å². The van der Waals surface area contributed by atoms with Crippen molar-refractivity contribution in [3.05, 3.63) is 64.6 Å². The number of anilines is 1. The second-order valence-electron chi connectivity index (χ2n) is 6.72. The molecule has 0 spiro atoms. The zero-order chi connectivity index (χ0) is 18.0. The summed E-state index contributed by atoms with van der Waals surface area (Å²) in [7, 11) is -3.32. The lowest BCUT2D eigenvalue weighted by molar-refractivity contribution is 0.535. The first-order valence-corrected chi connectivity index (χ1v) is 10.8. The molecule has 1 saturated heterocycles. The zero-order valence-electron chi connectivity index (χ0n) is 14.4. The van der Waals surface area contributed by atoms with E-state index in [-0.39, 0.29) is 12.0 Å². The highest BCUT2D eigenvalue weighted by atomic mass is 79.9. The van der Waals surface area contributed by atoms with Gasteiger partial charge >= 0.3 is 0 Å². The molecule has 0 saturated carbocycles. The third-order valence-corrected chi connectivity index (χ3v) is 7.08. The van der Waals surface area contributed by atoms with E-state index in [9.17, 15) is 8.42 Å². The van der Waals surface area contributed by atoms with Gasteiger partial charge in [0.05, 0.1) is 5.25 Å². The second-order valence-corrected chi connectivity index (χ2v) is 9.90. The number of nitrogens with zero attached hydrogens (tertiary/aromatic N) is 1. The van der Waals surface area contributed by atoms with Gasteiger partial charge in [-0.15, -0.1) is 0 Å². The van der Waals surface area contributed by atoms with Crippen LogP contribution < -0.4 is 9.62 Å². The van der Waals surface area contributed by atoms with Crippen LogP contribution in [0.5, 0.6) is 0 Å². The van der Waals surface area contributed by atoms with Crippen LogP contribution >= 0.6 is 15.9 Å². The first-order chi connectivity index (χ1) is 11.9. The first-order valence-electron chi connectivity index (χ1n) is 8.43. The summed E-state index contributed by atoms with van der Waals surface area (Å²) in [6.45, 7) is 4.87. The Morgan fingerprint density at radius 1 is 1.04 bits per heavy atom. The number of rotatable bonds is 5. The molecule has 1 fully saturated rings. The minimum atomic E-state index is -3.32. The molecule has 2 atom stereocenters. The zero-order valence-corrected chi connectivity index (χ0v) is 16.8. The third-order valence-electron chi connectivity index (χ3n) is 4.68. The predicted molar refractivity (Wildman–Crippen MR) is 107 cm³/mol. The van der Waals surface area contributed by atoms with Gasteiger partial charge in [0, 0.05) is 35.2 Å². The summed E-state index contributed by atoms with van der Waals surface area (Å²) >= 11 is 3.46. The molecule has 2 aromatic carbocycles. The Balaban J connectivity index is 1.90. The molecule has 0 aliphatic carbocycles. The molecule has 0 unspecified atom stereocenters. The molecule has 1 N–H and O–H groups in total. The third kappa shape index (κ3) is 4.25. The maximum absolute atomic E-state index is 12.4. The van der Waals surface area contributed by atoms with Gasteiger partial charge in [-0.2, -0.15) is 0 Å². The Kier molecular flexibility index (Phi) is 5.51. The van der Waals surface area contributed by atoms with Crippen molar-refractivity contribution >= 4 is 31.6 Å². The molecule has 25 heavy (non-hydrogen) atoms. The molecule has 3 rings (SSSR count). The molecule has 0 amide bonds. The highest BCUT2D eigenvalue weighted by Crippen LogP contribution is 2.32. The molecule has 1 aliphatic heterocycles. The van der Waals surface area contributed by atoms with Crippen molar-refractivity contribution in [2.75, 3.05) is 18.0 Å². The van der Waals surface area contributed by atoms with Gasteiger partial charge in [0.25, 0.3) is 0 Å². The van der Waals surface area contributed by atoms with Crippen molar-refractivity contribution in [3.8, 4) is 0 Å². The molecular formula is C19H23BrN2O2S. The minimum absolute atomic E-state index is 0.113. The smallest absolute Gasteiger partial charge is 0.214 e. The molecule has 1 heterocycles. The van der Waals surface area contributed by atoms with E-state index >= 15 is 0 Å². The maximum Gasteiger partial charge on any atom is 0.214 e. The fourth-order valence-electron chi connectivity index (χ4n) is 3.17. The summed E-state index contributed by atoms with van der Waals surface area (Å²) in [4.78, 5) is 2.25. The van der Waals surface area contributed by atoms with Crippen molar-refractivity contribution in [3.63, 3.8) is 0 Å². The number of halogens is 1. The molecule has 4 nitrogen and oxygen atoms in total. The van der Waals surface area contributed by atoms with Crippen LogP contribution in [-0.4, -0.2) is 32.8 Å². The SMILES string of the molecule is CC(C)S(=O)(=O)N[C@H]1CN(c2ccccc2)C[C@@H]1c1ccc(Br)cc1. The van der Waals surface area contributed by atoms with Crippen LogP contribution in [0.2, 0.25) is 0 Å². The van der Waals surface area contributed by atoms with E-state index in [1.54, 1.807) is 13.8 Å². The van der Waals surface area contributed by atoms with Gasteiger partial charge in [-0.3, -0.25) is 0 Å². The number of hydrogen-bond acceptors (Lipinski definition) is 3. The number of para-hydroxylation sites is 1. The molecule has 0 radical (unpaired) electrons. The van der Waals surface area contributed by atoms with Crippen molar-refractivity contribution in [1.82, 2.24) is 4.72 Å². The monoisotopic (exact) mass is 422 g/mol. The van der Waals surface area contributed by atoms with Gasteiger partial charge in [0.2, 0.25) is 10.0 Å². The maximum atomic E-state index is 12.4. The lowest BCUT2D eigenvalue weighted by Gasteiger charge is -2.21. The average molecular weight is 423 g/mol. The van der Waals surface area contributed by atoms with E-state index in [1.165, 1.54) is 0 Å². The van der Waals surface area contributed by atoms with Crippen LogP contribution in [-0.2, 0) is 10.0 Å². The Morgan fingerprint density at radius 2 is 1.68 bits per heavy atom. The van der Waals surface area contributed by atoms with Crippen molar-refractivity contribution < 1.29 is 8.42 Å². The van der Waals surface area contributed by atoms with Crippen LogP contribution in [0.25, 0.3) is 0 Å². The van der Waals surface area contributed by atoms with Crippen molar-refractivity contribution in [2.45, 2.75) is 31.1 Å². The summed E-state index contributed by atoms with van der Waals surface area (Å²) in [6.07, 6.45) is 0. The molecule has 0 bridgehead atoms. The van der Waals surface area contributed by atoms with Gasteiger partial charge in [0.15, 0.2) is 0 Å². The largest absolute Gasteiger partial charge is 0.369 e. The van der Waals surface area contributed by atoms with Gasteiger partial charge in [-0.1, -0.05) is 46.3 Å². The van der Waals surface area contributed by atoms with E-state index in [0.29, 0.717) is 6.54 Å². The van der Waals surface area contributed by atoms with E-state index in [0.717, 1.165) is 22.3 Å². The van der Waals surface area contributed by atoms with Crippen LogP contribution in [0.4, 0.5) is 5.69 Å². The van der Waals surface area contributed by atoms with Crippen molar-refractivity contribution in [2.24, 2.45) is 0 Å². The summed E-state index contributed by atoms with van der Waals surface area (Å²) in [5.74, 6) is 0.113.